The Hall–Kier alpha value is -2.74. The van der Waals surface area contributed by atoms with Crippen molar-refractivity contribution < 1.29 is 33.4 Å². The number of hydrogen-bond donors (Lipinski definition) is 4. The lowest BCUT2D eigenvalue weighted by molar-refractivity contribution is 0.214. The van der Waals surface area contributed by atoms with Crippen LogP contribution in [0.5, 0.6) is 17.2 Å². The van der Waals surface area contributed by atoms with E-state index in [1.54, 1.807) is 18.2 Å². The van der Waals surface area contributed by atoms with Crippen LogP contribution in [0.1, 0.15) is 36.8 Å². The number of nitrogens with zero attached hydrogens (tertiary/aromatic N) is 2. The number of likely N-dealkylation sites (tertiary alicyclic amines) is 1. The maximum absolute atomic E-state index is 9.36. The number of hydrogen-bond acceptors (Lipinski definition) is 8. The zero-order valence-electron chi connectivity index (χ0n) is 23.0. The van der Waals surface area contributed by atoms with E-state index in [0.29, 0.717) is 24.7 Å². The van der Waals surface area contributed by atoms with E-state index in [2.05, 4.69) is 21.6 Å². The van der Waals surface area contributed by atoms with Gasteiger partial charge in [-0.2, -0.15) is 0 Å². The fourth-order valence-corrected chi connectivity index (χ4v) is 6.10. The number of aryl methyl sites for hydroxylation is 1. The number of aromatic nitrogens is 1. The lowest BCUT2D eigenvalue weighted by atomic mass is 10.1. The second-order valence-electron chi connectivity index (χ2n) is 10.2. The molecule has 0 atom stereocenters. The minimum atomic E-state index is -2.53. The molecule has 11 heteroatoms. The Morgan fingerprint density at radius 3 is 2.00 bits per heavy atom. The average Bonchev–Trinajstić information content (AvgIpc) is 3.09. The van der Waals surface area contributed by atoms with E-state index in [9.17, 15) is 19.6 Å². The topological polar surface area (TPSA) is 117 Å². The summed E-state index contributed by atoms with van der Waals surface area (Å²) in [4.78, 5) is 39.6. The first kappa shape index (κ1) is 29.7. The molecule has 0 bridgehead atoms. The highest BCUT2D eigenvalue weighted by atomic mass is 31.2. The van der Waals surface area contributed by atoms with E-state index in [4.69, 9.17) is 13.8 Å². The van der Waals surface area contributed by atoms with E-state index in [0.717, 1.165) is 58.7 Å². The molecule has 0 unspecified atom stereocenters. The highest BCUT2D eigenvalue weighted by Crippen LogP contribution is 2.39. The summed E-state index contributed by atoms with van der Waals surface area (Å²) in [6.07, 6.45) is 5.19. The quantitative estimate of drug-likeness (QED) is 0.153. The van der Waals surface area contributed by atoms with Crippen molar-refractivity contribution >= 4 is 28.1 Å². The third-order valence-corrected chi connectivity index (χ3v) is 8.18. The number of rotatable bonds is 11. The van der Waals surface area contributed by atoms with Crippen molar-refractivity contribution in [2.45, 2.75) is 39.2 Å². The summed E-state index contributed by atoms with van der Waals surface area (Å²) in [5, 5.41) is 0.928. The summed E-state index contributed by atoms with van der Waals surface area (Å²) >= 11 is 0. The molecular formula is C30H36N2O7P2. The molecule has 2 heterocycles. The van der Waals surface area contributed by atoms with Crippen molar-refractivity contribution in [3.63, 3.8) is 0 Å². The van der Waals surface area contributed by atoms with Crippen LogP contribution in [0, 0.1) is 6.92 Å². The van der Waals surface area contributed by atoms with E-state index in [1.807, 2.05) is 43.3 Å². The number of ether oxygens (including phenoxy) is 1. The highest BCUT2D eigenvalue weighted by Gasteiger charge is 2.18. The molecule has 4 N–H and O–H groups in total. The van der Waals surface area contributed by atoms with Crippen molar-refractivity contribution in [1.82, 2.24) is 9.47 Å². The molecule has 218 valence electrons. The smallest absolute Gasteiger partial charge is 0.391 e. The zero-order valence-corrected chi connectivity index (χ0v) is 24.8. The molecule has 3 aromatic carbocycles. The van der Waals surface area contributed by atoms with Gasteiger partial charge in [0.2, 0.25) is 0 Å². The highest BCUT2D eigenvalue weighted by molar-refractivity contribution is 7.40. The van der Waals surface area contributed by atoms with Gasteiger partial charge in [0, 0.05) is 24.0 Å². The monoisotopic (exact) mass is 598 g/mol. The molecule has 0 spiro atoms. The van der Waals surface area contributed by atoms with Gasteiger partial charge in [0.1, 0.15) is 23.9 Å². The molecule has 1 aliphatic rings. The van der Waals surface area contributed by atoms with Crippen LogP contribution in [-0.2, 0) is 6.54 Å². The molecule has 9 nitrogen and oxygen atoms in total. The Bertz CT molecular complexity index is 1420. The molecule has 0 saturated carbocycles. The Morgan fingerprint density at radius 2 is 1.34 bits per heavy atom. The molecule has 4 aromatic rings. The molecule has 5 rings (SSSR count). The first-order valence-electron chi connectivity index (χ1n) is 13.8. The van der Waals surface area contributed by atoms with E-state index >= 15 is 0 Å². The van der Waals surface area contributed by atoms with Crippen LogP contribution in [0.15, 0.2) is 66.7 Å². The van der Waals surface area contributed by atoms with Crippen LogP contribution in [-0.4, -0.2) is 55.3 Å². The average molecular weight is 599 g/mol. The van der Waals surface area contributed by atoms with E-state index in [-0.39, 0.29) is 0 Å². The molecule has 1 saturated heterocycles. The maximum Gasteiger partial charge on any atom is 0.391 e. The molecular weight excluding hydrogens is 562 g/mol. The van der Waals surface area contributed by atoms with Gasteiger partial charge in [0.25, 0.3) is 0 Å². The van der Waals surface area contributed by atoms with Gasteiger partial charge in [-0.15, -0.1) is 0 Å². The van der Waals surface area contributed by atoms with Crippen molar-refractivity contribution in [3.8, 4) is 28.5 Å². The Morgan fingerprint density at radius 1 is 0.732 bits per heavy atom. The minimum Gasteiger partial charge on any atom is -0.492 e. The Kier molecular flexibility index (Phi) is 10.1. The maximum atomic E-state index is 9.36. The predicted molar refractivity (Wildman–Crippen MR) is 162 cm³/mol. The van der Waals surface area contributed by atoms with Crippen LogP contribution in [0.3, 0.4) is 0 Å². The fraction of sp³-hybridized carbons (Fsp3) is 0.333. The number of fused-ring (bicyclic) bond motifs is 1. The predicted octanol–water partition coefficient (Wildman–Crippen LogP) is 6.10. The standard InChI is InChI=1S/C30H36N2O7P2/c1-22-28-20-27(39-41(35)36)14-15-29(28)32(30(22)24-8-12-26(13-9-24)38-40(33)34)21-23-6-10-25(11-7-23)37-19-18-31-16-4-2-3-5-17-31/h6-15,20,33-36H,2-5,16-19,21H2,1H3. The second-order valence-corrected chi connectivity index (χ2v) is 11.6. The Balaban J connectivity index is 1.38. The third-order valence-electron chi connectivity index (χ3n) is 7.43. The fourth-order valence-electron chi connectivity index (χ4n) is 5.48. The van der Waals surface area contributed by atoms with Gasteiger partial charge in [-0.05, 0) is 104 Å². The SMILES string of the molecule is Cc1c(-c2ccc(OP(O)O)cc2)n(Cc2ccc(OCCN3CCCCCC3)cc2)c2ccc(OP(O)O)cc12. The zero-order chi connectivity index (χ0) is 28.8. The summed E-state index contributed by atoms with van der Waals surface area (Å²) in [5.41, 5.74) is 4.97. The van der Waals surface area contributed by atoms with Crippen molar-refractivity contribution in [2.75, 3.05) is 26.2 Å². The van der Waals surface area contributed by atoms with Gasteiger partial charge < -0.3 is 37.9 Å². The lowest BCUT2D eigenvalue weighted by Crippen LogP contribution is -2.29. The van der Waals surface area contributed by atoms with Crippen LogP contribution in [0.25, 0.3) is 22.2 Å². The van der Waals surface area contributed by atoms with Crippen LogP contribution < -0.4 is 13.8 Å². The first-order valence-corrected chi connectivity index (χ1v) is 16.1. The van der Waals surface area contributed by atoms with Crippen molar-refractivity contribution in [2.24, 2.45) is 0 Å². The molecule has 1 aromatic heterocycles. The summed E-state index contributed by atoms with van der Waals surface area (Å²) in [7, 11) is -5.02. The van der Waals surface area contributed by atoms with Gasteiger partial charge >= 0.3 is 17.2 Å². The lowest BCUT2D eigenvalue weighted by Gasteiger charge is -2.19. The Labute approximate surface area is 242 Å². The molecule has 1 aliphatic heterocycles. The summed E-state index contributed by atoms with van der Waals surface area (Å²) < 4.78 is 18.5. The second kappa shape index (κ2) is 14.0. The van der Waals surface area contributed by atoms with Gasteiger partial charge in [0.05, 0.1) is 5.69 Å². The van der Waals surface area contributed by atoms with E-state index < -0.39 is 17.2 Å². The minimum absolute atomic E-state index is 0.367. The largest absolute Gasteiger partial charge is 0.492 e. The normalized spacial score (nSPS) is 14.5. The summed E-state index contributed by atoms with van der Waals surface area (Å²) in [6.45, 7) is 6.55. The summed E-state index contributed by atoms with van der Waals surface area (Å²) in [5.74, 6) is 1.60. The van der Waals surface area contributed by atoms with Gasteiger partial charge in [-0.3, -0.25) is 4.90 Å². The van der Waals surface area contributed by atoms with Gasteiger partial charge in [0.15, 0.2) is 0 Å². The molecule has 41 heavy (non-hydrogen) atoms. The van der Waals surface area contributed by atoms with Crippen LogP contribution >= 0.6 is 17.2 Å². The van der Waals surface area contributed by atoms with Crippen LogP contribution in [0.2, 0.25) is 0 Å². The van der Waals surface area contributed by atoms with Gasteiger partial charge in [-0.1, -0.05) is 25.0 Å². The molecule has 1 fully saturated rings. The summed E-state index contributed by atoms with van der Waals surface area (Å²) in [6, 6.07) is 20.8. The first-order chi connectivity index (χ1) is 19.9. The van der Waals surface area contributed by atoms with E-state index in [1.165, 1.54) is 25.7 Å². The third kappa shape index (κ3) is 7.76. The number of benzene rings is 3. The van der Waals surface area contributed by atoms with Crippen molar-refractivity contribution in [1.29, 1.82) is 0 Å². The van der Waals surface area contributed by atoms with Gasteiger partial charge in [-0.25, -0.2) is 0 Å². The molecule has 0 amide bonds. The molecule has 0 aliphatic carbocycles. The van der Waals surface area contributed by atoms with Crippen molar-refractivity contribution in [3.05, 3.63) is 77.9 Å². The molecule has 0 radical (unpaired) electrons. The van der Waals surface area contributed by atoms with Crippen LogP contribution in [0.4, 0.5) is 0 Å².